The van der Waals surface area contributed by atoms with Gasteiger partial charge in [0.05, 0.1) is 6.26 Å². The molecule has 0 saturated heterocycles. The summed E-state index contributed by atoms with van der Waals surface area (Å²) >= 11 is 0. The van der Waals surface area contributed by atoms with Crippen LogP contribution in [0.5, 0.6) is 0 Å². The van der Waals surface area contributed by atoms with E-state index in [2.05, 4.69) is 0 Å². The van der Waals surface area contributed by atoms with Crippen LogP contribution in [-0.4, -0.2) is 12.1 Å². The van der Waals surface area contributed by atoms with Crippen LogP contribution in [0.25, 0.3) is 6.08 Å². The van der Waals surface area contributed by atoms with E-state index in [1.54, 1.807) is 6.26 Å². The Bertz CT molecular complexity index is 323. The minimum atomic E-state index is -0.266. The Morgan fingerprint density at radius 1 is 1.53 bits per heavy atom. The lowest BCUT2D eigenvalue weighted by molar-refractivity contribution is -0.145. The number of rotatable bonds is 4. The number of carbonyl (C=O) groups is 1. The van der Waals surface area contributed by atoms with Crippen molar-refractivity contribution < 1.29 is 13.9 Å². The molecule has 0 saturated carbocycles. The standard InChI is InChI=1S/C12H16O3/c1-9(2)12(15-10(3)13)7-6-11-5-4-8-14-11/h4-9,12H,1-3H3/b7-6+/t12-/m1/s1. The molecule has 15 heavy (non-hydrogen) atoms. The number of hydrogen-bond acceptors (Lipinski definition) is 3. The molecular formula is C12H16O3. The maximum atomic E-state index is 10.8. The van der Waals surface area contributed by atoms with Crippen LogP contribution in [0.1, 0.15) is 26.5 Å². The third-order valence-electron chi connectivity index (χ3n) is 1.95. The summed E-state index contributed by atoms with van der Waals surface area (Å²) in [4.78, 5) is 10.8. The fourth-order valence-electron chi connectivity index (χ4n) is 1.17. The molecule has 1 aromatic heterocycles. The third-order valence-corrected chi connectivity index (χ3v) is 1.95. The minimum absolute atomic E-state index is 0.201. The first-order valence-corrected chi connectivity index (χ1v) is 4.98. The van der Waals surface area contributed by atoms with E-state index in [1.165, 1.54) is 6.92 Å². The zero-order chi connectivity index (χ0) is 11.3. The normalized spacial score (nSPS) is 13.3. The highest BCUT2D eigenvalue weighted by atomic mass is 16.5. The smallest absolute Gasteiger partial charge is 0.303 e. The van der Waals surface area contributed by atoms with Gasteiger partial charge >= 0.3 is 5.97 Å². The summed E-state index contributed by atoms with van der Waals surface area (Å²) in [6.07, 6.45) is 5.06. The topological polar surface area (TPSA) is 39.4 Å². The van der Waals surface area contributed by atoms with Crippen LogP contribution >= 0.6 is 0 Å². The van der Waals surface area contributed by atoms with E-state index < -0.39 is 0 Å². The molecule has 0 unspecified atom stereocenters. The monoisotopic (exact) mass is 208 g/mol. The van der Waals surface area contributed by atoms with Gasteiger partial charge in [0.25, 0.3) is 0 Å². The molecular weight excluding hydrogens is 192 g/mol. The van der Waals surface area contributed by atoms with E-state index in [4.69, 9.17) is 9.15 Å². The van der Waals surface area contributed by atoms with E-state index in [9.17, 15) is 4.79 Å². The van der Waals surface area contributed by atoms with Crippen molar-refractivity contribution in [3.63, 3.8) is 0 Å². The van der Waals surface area contributed by atoms with Crippen LogP contribution in [-0.2, 0) is 9.53 Å². The summed E-state index contributed by atoms with van der Waals surface area (Å²) in [6.45, 7) is 5.41. The van der Waals surface area contributed by atoms with Gasteiger partial charge in [-0.25, -0.2) is 0 Å². The van der Waals surface area contributed by atoms with Crippen molar-refractivity contribution in [2.45, 2.75) is 26.9 Å². The van der Waals surface area contributed by atoms with Gasteiger partial charge in [-0.15, -0.1) is 0 Å². The predicted molar refractivity (Wildman–Crippen MR) is 58.1 cm³/mol. The molecule has 0 amide bonds. The summed E-state index contributed by atoms with van der Waals surface area (Å²) in [5.74, 6) is 0.741. The van der Waals surface area contributed by atoms with E-state index in [0.717, 1.165) is 5.76 Å². The van der Waals surface area contributed by atoms with Gasteiger partial charge in [-0.1, -0.05) is 13.8 Å². The summed E-state index contributed by atoms with van der Waals surface area (Å²) in [5, 5.41) is 0. The lowest BCUT2D eigenvalue weighted by Crippen LogP contribution is -2.19. The molecule has 1 atom stereocenters. The molecule has 82 valence electrons. The molecule has 0 aliphatic rings. The van der Waals surface area contributed by atoms with Crippen molar-refractivity contribution in [3.05, 3.63) is 30.2 Å². The average molecular weight is 208 g/mol. The maximum absolute atomic E-state index is 10.8. The Balaban J connectivity index is 2.62. The van der Waals surface area contributed by atoms with Crippen molar-refractivity contribution >= 4 is 12.0 Å². The first kappa shape index (κ1) is 11.6. The molecule has 0 fully saturated rings. The SMILES string of the molecule is CC(=O)O[C@H](/C=C/c1ccco1)C(C)C. The Morgan fingerprint density at radius 3 is 2.73 bits per heavy atom. The van der Waals surface area contributed by atoms with Gasteiger partial charge in [0.1, 0.15) is 11.9 Å². The van der Waals surface area contributed by atoms with Gasteiger partial charge in [0, 0.05) is 6.92 Å². The number of carbonyl (C=O) groups excluding carboxylic acids is 1. The average Bonchev–Trinajstić information content (AvgIpc) is 2.63. The fourth-order valence-corrected chi connectivity index (χ4v) is 1.17. The van der Waals surface area contributed by atoms with Crippen molar-refractivity contribution in [1.82, 2.24) is 0 Å². The van der Waals surface area contributed by atoms with Crippen LogP contribution in [0, 0.1) is 5.92 Å². The first-order valence-electron chi connectivity index (χ1n) is 4.98. The fraction of sp³-hybridized carbons (Fsp3) is 0.417. The Hall–Kier alpha value is -1.51. The van der Waals surface area contributed by atoms with Crippen LogP contribution in [0.15, 0.2) is 28.9 Å². The van der Waals surface area contributed by atoms with Crippen molar-refractivity contribution in [1.29, 1.82) is 0 Å². The van der Waals surface area contributed by atoms with Crippen LogP contribution in [0.3, 0.4) is 0 Å². The first-order chi connectivity index (χ1) is 7.09. The van der Waals surface area contributed by atoms with Crippen LogP contribution < -0.4 is 0 Å². The molecule has 0 bridgehead atoms. The Kier molecular flexibility index (Phi) is 4.16. The lowest BCUT2D eigenvalue weighted by Gasteiger charge is -2.16. The van der Waals surface area contributed by atoms with E-state index in [1.807, 2.05) is 38.1 Å². The number of furan rings is 1. The van der Waals surface area contributed by atoms with Gasteiger partial charge < -0.3 is 9.15 Å². The van der Waals surface area contributed by atoms with Crippen molar-refractivity contribution in [3.8, 4) is 0 Å². The van der Waals surface area contributed by atoms with Gasteiger partial charge in [0.2, 0.25) is 0 Å². The molecule has 0 radical (unpaired) electrons. The van der Waals surface area contributed by atoms with Crippen LogP contribution in [0.2, 0.25) is 0 Å². The van der Waals surface area contributed by atoms with Crippen molar-refractivity contribution in [2.24, 2.45) is 5.92 Å². The summed E-state index contributed by atoms with van der Waals surface area (Å²) < 4.78 is 10.3. The molecule has 1 heterocycles. The molecule has 3 nitrogen and oxygen atoms in total. The second-order valence-electron chi connectivity index (χ2n) is 3.69. The number of esters is 1. The van der Waals surface area contributed by atoms with Crippen LogP contribution in [0.4, 0.5) is 0 Å². The van der Waals surface area contributed by atoms with E-state index >= 15 is 0 Å². The van der Waals surface area contributed by atoms with Gasteiger partial charge in [0.15, 0.2) is 0 Å². The van der Waals surface area contributed by atoms with E-state index in [-0.39, 0.29) is 18.0 Å². The Morgan fingerprint density at radius 2 is 2.27 bits per heavy atom. The second kappa shape index (κ2) is 5.39. The maximum Gasteiger partial charge on any atom is 0.303 e. The van der Waals surface area contributed by atoms with Gasteiger partial charge in [-0.05, 0) is 30.2 Å². The zero-order valence-corrected chi connectivity index (χ0v) is 9.27. The summed E-state index contributed by atoms with van der Waals surface area (Å²) in [6, 6.07) is 3.66. The molecule has 0 N–H and O–H groups in total. The number of ether oxygens (including phenoxy) is 1. The minimum Gasteiger partial charge on any atom is -0.465 e. The highest BCUT2D eigenvalue weighted by molar-refractivity contribution is 5.66. The van der Waals surface area contributed by atoms with Crippen molar-refractivity contribution in [2.75, 3.05) is 0 Å². The van der Waals surface area contributed by atoms with Gasteiger partial charge in [-0.3, -0.25) is 4.79 Å². The molecule has 0 aromatic carbocycles. The quantitative estimate of drug-likeness (QED) is 0.714. The zero-order valence-electron chi connectivity index (χ0n) is 9.27. The number of hydrogen-bond donors (Lipinski definition) is 0. The Labute approximate surface area is 89.7 Å². The molecule has 3 heteroatoms. The second-order valence-corrected chi connectivity index (χ2v) is 3.69. The molecule has 0 aliphatic carbocycles. The van der Waals surface area contributed by atoms with Gasteiger partial charge in [-0.2, -0.15) is 0 Å². The molecule has 0 spiro atoms. The highest BCUT2D eigenvalue weighted by Crippen LogP contribution is 2.11. The summed E-state index contributed by atoms with van der Waals surface area (Å²) in [5.41, 5.74) is 0. The summed E-state index contributed by atoms with van der Waals surface area (Å²) in [7, 11) is 0. The molecule has 1 aromatic rings. The molecule has 1 rings (SSSR count). The highest BCUT2D eigenvalue weighted by Gasteiger charge is 2.12. The largest absolute Gasteiger partial charge is 0.465 e. The third kappa shape index (κ3) is 4.02. The van der Waals surface area contributed by atoms with E-state index in [0.29, 0.717) is 0 Å². The molecule has 0 aliphatic heterocycles. The lowest BCUT2D eigenvalue weighted by atomic mass is 10.1. The predicted octanol–water partition coefficient (Wildman–Crippen LogP) is 2.88.